The zero-order valence-corrected chi connectivity index (χ0v) is 16.6. The first-order valence-corrected chi connectivity index (χ1v) is 9.49. The van der Waals surface area contributed by atoms with E-state index in [-0.39, 0.29) is 17.8 Å². The predicted molar refractivity (Wildman–Crippen MR) is 106 cm³/mol. The second kappa shape index (κ2) is 9.06. The van der Waals surface area contributed by atoms with Crippen molar-refractivity contribution in [3.63, 3.8) is 0 Å². The third-order valence-electron chi connectivity index (χ3n) is 5.24. The van der Waals surface area contributed by atoms with Crippen LogP contribution in [0.5, 0.6) is 11.5 Å². The molecule has 2 aromatic rings. The lowest BCUT2D eigenvalue weighted by molar-refractivity contribution is -0.122. The number of hydrogen-bond acceptors (Lipinski definition) is 4. The molecular formula is C22H27FN2O3. The van der Waals surface area contributed by atoms with Crippen LogP contribution in [-0.4, -0.2) is 38.1 Å². The molecule has 5 nitrogen and oxygen atoms in total. The number of nitrogens with zero attached hydrogens (tertiary/aromatic N) is 1. The Kier molecular flexibility index (Phi) is 6.52. The first-order valence-electron chi connectivity index (χ1n) is 9.49. The third-order valence-corrected chi connectivity index (χ3v) is 5.24. The van der Waals surface area contributed by atoms with Crippen LogP contribution in [0, 0.1) is 12.7 Å². The number of benzene rings is 2. The summed E-state index contributed by atoms with van der Waals surface area (Å²) in [7, 11) is 3.27. The number of aryl methyl sites for hydroxylation is 1. The normalized spacial score (nSPS) is 16.8. The Bertz CT molecular complexity index is 841. The van der Waals surface area contributed by atoms with E-state index in [0.717, 1.165) is 42.0 Å². The van der Waals surface area contributed by atoms with Crippen molar-refractivity contribution in [1.82, 2.24) is 10.2 Å². The molecule has 1 amide bonds. The van der Waals surface area contributed by atoms with Crippen molar-refractivity contribution in [3.8, 4) is 11.5 Å². The van der Waals surface area contributed by atoms with Crippen molar-refractivity contribution in [2.24, 2.45) is 0 Å². The zero-order chi connectivity index (χ0) is 20.1. The van der Waals surface area contributed by atoms with E-state index < -0.39 is 0 Å². The summed E-state index contributed by atoms with van der Waals surface area (Å²) in [6, 6.07) is 11.0. The number of ether oxygens (including phenoxy) is 2. The highest BCUT2D eigenvalue weighted by atomic mass is 19.1. The number of methoxy groups -OCH3 is 2. The second-order valence-electron chi connectivity index (χ2n) is 7.10. The van der Waals surface area contributed by atoms with E-state index >= 15 is 0 Å². The minimum atomic E-state index is -0.252. The molecule has 0 spiro atoms. The van der Waals surface area contributed by atoms with Gasteiger partial charge >= 0.3 is 0 Å². The number of hydrogen-bond donors (Lipinski definition) is 1. The molecule has 150 valence electrons. The average Bonchev–Trinajstić information content (AvgIpc) is 3.16. The van der Waals surface area contributed by atoms with Gasteiger partial charge in [0.2, 0.25) is 5.91 Å². The molecule has 1 fully saturated rings. The van der Waals surface area contributed by atoms with Gasteiger partial charge < -0.3 is 14.8 Å². The van der Waals surface area contributed by atoms with Gasteiger partial charge in [-0.25, -0.2) is 4.39 Å². The number of likely N-dealkylation sites (tertiary alicyclic amines) is 1. The summed E-state index contributed by atoms with van der Waals surface area (Å²) in [4.78, 5) is 14.6. The summed E-state index contributed by atoms with van der Waals surface area (Å²) < 4.78 is 24.5. The monoisotopic (exact) mass is 386 g/mol. The summed E-state index contributed by atoms with van der Waals surface area (Å²) >= 11 is 0. The van der Waals surface area contributed by atoms with E-state index in [1.165, 1.54) is 6.07 Å². The quantitative estimate of drug-likeness (QED) is 0.790. The SMILES string of the molecule is COc1ccc([C@@H]2CCCN2CC(=O)NCc2ccc(C)c(F)c2)c(OC)c1. The van der Waals surface area contributed by atoms with Gasteiger partial charge in [-0.3, -0.25) is 9.69 Å². The fraction of sp³-hybridized carbons (Fsp3) is 0.409. The summed E-state index contributed by atoms with van der Waals surface area (Å²) in [5, 5.41) is 2.89. The molecule has 1 aliphatic rings. The van der Waals surface area contributed by atoms with Crippen LogP contribution in [0.15, 0.2) is 36.4 Å². The van der Waals surface area contributed by atoms with Crippen molar-refractivity contribution >= 4 is 5.91 Å². The average molecular weight is 386 g/mol. The van der Waals surface area contributed by atoms with Crippen molar-refractivity contribution in [2.45, 2.75) is 32.4 Å². The Balaban J connectivity index is 1.63. The molecule has 1 saturated heterocycles. The maximum Gasteiger partial charge on any atom is 0.234 e. The predicted octanol–water partition coefficient (Wildman–Crippen LogP) is 3.60. The Morgan fingerprint density at radius 3 is 2.75 bits per heavy atom. The van der Waals surface area contributed by atoms with Gasteiger partial charge in [0.15, 0.2) is 0 Å². The van der Waals surface area contributed by atoms with Crippen molar-refractivity contribution in [3.05, 3.63) is 58.9 Å². The van der Waals surface area contributed by atoms with E-state index in [1.807, 2.05) is 24.3 Å². The van der Waals surface area contributed by atoms with Crippen LogP contribution in [0.1, 0.15) is 35.6 Å². The minimum absolute atomic E-state index is 0.0691. The molecule has 0 unspecified atom stereocenters. The fourth-order valence-electron chi connectivity index (χ4n) is 3.65. The minimum Gasteiger partial charge on any atom is -0.497 e. The van der Waals surface area contributed by atoms with Gasteiger partial charge in [0, 0.05) is 24.2 Å². The Morgan fingerprint density at radius 1 is 1.21 bits per heavy atom. The Labute approximate surface area is 165 Å². The van der Waals surface area contributed by atoms with Crippen LogP contribution < -0.4 is 14.8 Å². The number of halogens is 1. The molecule has 1 atom stereocenters. The first-order chi connectivity index (χ1) is 13.5. The largest absolute Gasteiger partial charge is 0.497 e. The molecule has 0 aromatic heterocycles. The van der Waals surface area contributed by atoms with Crippen LogP contribution in [0.25, 0.3) is 0 Å². The summed E-state index contributed by atoms with van der Waals surface area (Å²) in [6.07, 6.45) is 2.00. The van der Waals surface area contributed by atoms with Crippen molar-refractivity contribution in [1.29, 1.82) is 0 Å². The van der Waals surface area contributed by atoms with Gasteiger partial charge in [-0.2, -0.15) is 0 Å². The van der Waals surface area contributed by atoms with E-state index in [9.17, 15) is 9.18 Å². The highest BCUT2D eigenvalue weighted by Crippen LogP contribution is 2.38. The fourth-order valence-corrected chi connectivity index (χ4v) is 3.65. The van der Waals surface area contributed by atoms with Gasteiger partial charge in [0.05, 0.1) is 20.8 Å². The molecule has 1 N–H and O–H groups in total. The molecule has 0 radical (unpaired) electrons. The van der Waals surface area contributed by atoms with Crippen LogP contribution >= 0.6 is 0 Å². The number of amides is 1. The van der Waals surface area contributed by atoms with Gasteiger partial charge in [0.25, 0.3) is 0 Å². The lowest BCUT2D eigenvalue weighted by Crippen LogP contribution is -2.36. The standard InChI is InChI=1S/C22H27FN2O3/c1-15-6-7-16(11-19(15)23)13-24-22(26)14-25-10-4-5-20(25)18-9-8-17(27-2)12-21(18)28-3/h6-9,11-12,20H,4-5,10,13-14H2,1-3H3,(H,24,26)/t20-/m0/s1. The van der Waals surface area contributed by atoms with Crippen LogP contribution in [0.4, 0.5) is 4.39 Å². The van der Waals surface area contributed by atoms with E-state index in [4.69, 9.17) is 9.47 Å². The third kappa shape index (κ3) is 4.62. The molecule has 6 heteroatoms. The lowest BCUT2D eigenvalue weighted by Gasteiger charge is -2.26. The van der Waals surface area contributed by atoms with Gasteiger partial charge in [0.1, 0.15) is 17.3 Å². The molecule has 3 rings (SSSR count). The van der Waals surface area contributed by atoms with Crippen LogP contribution in [0.2, 0.25) is 0 Å². The van der Waals surface area contributed by atoms with Crippen LogP contribution in [0.3, 0.4) is 0 Å². The molecule has 1 heterocycles. The highest BCUT2D eigenvalue weighted by molar-refractivity contribution is 5.78. The van der Waals surface area contributed by atoms with Crippen molar-refractivity contribution < 1.29 is 18.7 Å². The number of rotatable bonds is 7. The van der Waals surface area contributed by atoms with Gasteiger partial charge in [-0.05, 0) is 49.6 Å². The highest BCUT2D eigenvalue weighted by Gasteiger charge is 2.29. The first kappa shape index (κ1) is 20.1. The summed E-state index contributed by atoms with van der Waals surface area (Å²) in [6.45, 7) is 3.19. The van der Waals surface area contributed by atoms with E-state index in [1.54, 1.807) is 27.2 Å². The van der Waals surface area contributed by atoms with Gasteiger partial charge in [-0.15, -0.1) is 0 Å². The number of carbonyl (C=O) groups is 1. The van der Waals surface area contributed by atoms with E-state index in [0.29, 0.717) is 18.7 Å². The van der Waals surface area contributed by atoms with Gasteiger partial charge in [-0.1, -0.05) is 18.2 Å². The second-order valence-corrected chi connectivity index (χ2v) is 7.10. The zero-order valence-electron chi connectivity index (χ0n) is 16.6. The topological polar surface area (TPSA) is 50.8 Å². The molecule has 1 aliphatic heterocycles. The maximum absolute atomic E-state index is 13.7. The molecular weight excluding hydrogens is 359 g/mol. The summed E-state index contributed by atoms with van der Waals surface area (Å²) in [5.41, 5.74) is 2.42. The summed E-state index contributed by atoms with van der Waals surface area (Å²) in [5.74, 6) is 1.19. The maximum atomic E-state index is 13.7. The molecule has 0 saturated carbocycles. The molecule has 0 aliphatic carbocycles. The molecule has 28 heavy (non-hydrogen) atoms. The smallest absolute Gasteiger partial charge is 0.234 e. The molecule has 2 aromatic carbocycles. The Morgan fingerprint density at radius 2 is 2.04 bits per heavy atom. The lowest BCUT2D eigenvalue weighted by atomic mass is 10.0. The van der Waals surface area contributed by atoms with Crippen LogP contribution in [-0.2, 0) is 11.3 Å². The molecule has 0 bridgehead atoms. The number of nitrogens with one attached hydrogen (secondary N) is 1. The van der Waals surface area contributed by atoms with Crippen molar-refractivity contribution in [2.75, 3.05) is 27.3 Å². The number of carbonyl (C=O) groups excluding carboxylic acids is 1. The Hall–Kier alpha value is -2.60. The van der Waals surface area contributed by atoms with E-state index in [2.05, 4.69) is 10.2 Å².